The average Bonchev–Trinajstić information content (AvgIpc) is 3.82. The Bertz CT molecular complexity index is 3510. The van der Waals surface area contributed by atoms with Crippen molar-refractivity contribution < 1.29 is 4.39 Å². The van der Waals surface area contributed by atoms with Crippen LogP contribution in [0.3, 0.4) is 0 Å². The molecule has 1 aliphatic carbocycles. The first-order chi connectivity index (χ1) is 32.3. The molecule has 0 aliphatic heterocycles. The van der Waals surface area contributed by atoms with Crippen LogP contribution in [0.2, 0.25) is 0 Å². The van der Waals surface area contributed by atoms with Crippen LogP contribution in [0.4, 0.5) is 32.8 Å². The second-order valence-corrected chi connectivity index (χ2v) is 17.6. The number of nitrogens with zero attached hydrogens (tertiary/aromatic N) is 3. The second kappa shape index (κ2) is 16.7. The Morgan fingerprint density at radius 1 is 0.394 bits per heavy atom. The molecule has 0 unspecified atom stereocenters. The summed E-state index contributed by atoms with van der Waals surface area (Å²) in [6, 6.07) is 82.7. The summed E-state index contributed by atoms with van der Waals surface area (Å²) < 4.78 is 16.6. The molecule has 1 aromatic heterocycles. The van der Waals surface area contributed by atoms with E-state index in [2.05, 4.69) is 211 Å². The molecule has 0 atom stereocenters. The van der Waals surface area contributed by atoms with Gasteiger partial charge in [-0.15, -0.1) is 0 Å². The zero-order valence-corrected chi connectivity index (χ0v) is 37.2. The van der Waals surface area contributed by atoms with Crippen LogP contribution in [0.5, 0.6) is 0 Å². The number of anilines is 5. The van der Waals surface area contributed by atoms with Gasteiger partial charge in [0.15, 0.2) is 0 Å². The summed E-state index contributed by atoms with van der Waals surface area (Å²) in [5, 5.41) is 4.83. The smallest absolute Gasteiger partial charge is 0.123 e. The number of halogens is 1. The van der Waals surface area contributed by atoms with Crippen LogP contribution in [-0.2, 0) is 5.41 Å². The van der Waals surface area contributed by atoms with Gasteiger partial charge in [0.05, 0.1) is 11.0 Å². The maximum Gasteiger partial charge on any atom is 0.123 e. The van der Waals surface area contributed by atoms with Crippen molar-refractivity contribution in [2.24, 2.45) is 0 Å². The summed E-state index contributed by atoms with van der Waals surface area (Å²) in [5.41, 5.74) is 15.8. The number of hydrogen-bond acceptors (Lipinski definition) is 2. The Morgan fingerprint density at radius 3 is 1.80 bits per heavy atom. The van der Waals surface area contributed by atoms with Crippen LogP contribution in [0.25, 0.3) is 60.5 Å². The van der Waals surface area contributed by atoms with Crippen molar-refractivity contribution >= 4 is 61.0 Å². The summed E-state index contributed by atoms with van der Waals surface area (Å²) >= 11 is 0. The minimum atomic E-state index is -0.255. The third-order valence-corrected chi connectivity index (χ3v) is 13.3. The molecule has 0 radical (unpaired) electrons. The normalized spacial score (nSPS) is 12.4. The molecule has 11 aromatic rings. The fourth-order valence-corrected chi connectivity index (χ4v) is 9.89. The number of rotatable bonds is 7. The Morgan fingerprint density at radius 2 is 1.02 bits per heavy atom. The third-order valence-electron chi connectivity index (χ3n) is 13.3. The molecule has 0 N–H and O–H groups in total. The highest BCUT2D eigenvalue weighted by Gasteiger charge is 2.35. The summed E-state index contributed by atoms with van der Waals surface area (Å²) in [6.45, 7) is 4.66. The van der Waals surface area contributed by atoms with Crippen LogP contribution in [0, 0.1) is 5.82 Å². The number of para-hydroxylation sites is 2. The van der Waals surface area contributed by atoms with E-state index < -0.39 is 0 Å². The van der Waals surface area contributed by atoms with Gasteiger partial charge < -0.3 is 14.4 Å². The van der Waals surface area contributed by atoms with Crippen molar-refractivity contribution in [2.75, 3.05) is 16.8 Å². The van der Waals surface area contributed by atoms with Crippen LogP contribution >= 0.6 is 0 Å². The predicted octanol–water partition coefficient (Wildman–Crippen LogP) is 17.0. The molecule has 0 bridgehead atoms. The average molecular weight is 854 g/mol. The number of aromatic nitrogens is 1. The van der Waals surface area contributed by atoms with Crippen molar-refractivity contribution in [3.63, 3.8) is 0 Å². The standard InChI is InChI=1S/C56H42FN3.C6H6/c1-56(2)52-19-11-9-17-48(52)49-29-28-45(36-53(49)56)59(43-15-5-4-6-16-43)47-33-40(32-46(35-47)58(3)42-26-23-41(57)24-27-42)39-22-30-55-51(34-39)50-18-10-12-20-54(50)60(55)44-25-21-37-13-7-8-14-38(37)31-44;1-2-4-6-5-3-1/h4-36H,1-3H3;1-6H. The van der Waals surface area contributed by atoms with Crippen molar-refractivity contribution in [1.82, 2.24) is 4.57 Å². The Labute approximate surface area is 385 Å². The van der Waals surface area contributed by atoms with E-state index in [0.29, 0.717) is 0 Å². The SMILES string of the molecule is CN(c1ccc(F)cc1)c1cc(-c2ccc3c(c2)c2ccccc2n3-c2ccc3ccccc3c2)cc(N(c2ccccc2)c2ccc3c(c2)C(C)(C)c2ccccc2-3)c1.c1ccccc1. The van der Waals surface area contributed by atoms with E-state index in [9.17, 15) is 4.39 Å². The van der Waals surface area contributed by atoms with Gasteiger partial charge in [-0.2, -0.15) is 0 Å². The third kappa shape index (κ3) is 7.27. The topological polar surface area (TPSA) is 11.4 Å². The van der Waals surface area contributed by atoms with Gasteiger partial charge in [0.25, 0.3) is 0 Å². The first kappa shape index (κ1) is 40.6. The summed E-state index contributed by atoms with van der Waals surface area (Å²) in [7, 11) is 2.05. The molecule has 3 nitrogen and oxygen atoms in total. The monoisotopic (exact) mass is 853 g/mol. The quantitative estimate of drug-likeness (QED) is 0.158. The van der Waals surface area contributed by atoms with Crippen LogP contribution in [0.15, 0.2) is 237 Å². The maximum atomic E-state index is 14.2. The van der Waals surface area contributed by atoms with Crippen molar-refractivity contribution in [1.29, 1.82) is 0 Å². The molecular weight excluding hydrogens is 806 g/mol. The molecule has 1 heterocycles. The van der Waals surface area contributed by atoms with E-state index in [1.165, 1.54) is 61.4 Å². The lowest BCUT2D eigenvalue weighted by atomic mass is 9.82. The lowest BCUT2D eigenvalue weighted by molar-refractivity contribution is 0.628. The zero-order valence-electron chi connectivity index (χ0n) is 37.2. The molecule has 10 aromatic carbocycles. The first-order valence-electron chi connectivity index (χ1n) is 22.6. The summed E-state index contributed by atoms with van der Waals surface area (Å²) in [4.78, 5) is 4.51. The molecule has 1 aliphatic rings. The highest BCUT2D eigenvalue weighted by molar-refractivity contribution is 6.11. The van der Waals surface area contributed by atoms with Crippen molar-refractivity contribution in [3.8, 4) is 27.9 Å². The molecule has 0 amide bonds. The number of benzene rings is 10. The largest absolute Gasteiger partial charge is 0.345 e. The number of hydrogen-bond donors (Lipinski definition) is 0. The molecule has 4 heteroatoms. The van der Waals surface area contributed by atoms with Gasteiger partial charge in [-0.05, 0) is 141 Å². The van der Waals surface area contributed by atoms with E-state index in [0.717, 1.165) is 50.8 Å². The van der Waals surface area contributed by atoms with E-state index >= 15 is 0 Å². The molecule has 0 saturated heterocycles. The van der Waals surface area contributed by atoms with Gasteiger partial charge in [-0.25, -0.2) is 4.39 Å². The maximum absolute atomic E-state index is 14.2. The van der Waals surface area contributed by atoms with Gasteiger partial charge in [-0.3, -0.25) is 0 Å². The second-order valence-electron chi connectivity index (χ2n) is 17.6. The van der Waals surface area contributed by atoms with Crippen LogP contribution in [-0.4, -0.2) is 11.6 Å². The highest BCUT2D eigenvalue weighted by Crippen LogP contribution is 2.51. The fourth-order valence-electron chi connectivity index (χ4n) is 9.89. The number of fused-ring (bicyclic) bond motifs is 7. The first-order valence-corrected chi connectivity index (χ1v) is 22.6. The van der Waals surface area contributed by atoms with Gasteiger partial charge in [0.1, 0.15) is 5.82 Å². The molecule has 318 valence electrons. The van der Waals surface area contributed by atoms with Gasteiger partial charge >= 0.3 is 0 Å². The van der Waals surface area contributed by atoms with E-state index in [-0.39, 0.29) is 11.2 Å². The zero-order chi connectivity index (χ0) is 44.8. The highest BCUT2D eigenvalue weighted by atomic mass is 19.1. The predicted molar refractivity (Wildman–Crippen MR) is 277 cm³/mol. The van der Waals surface area contributed by atoms with E-state index in [4.69, 9.17) is 0 Å². The fraction of sp³-hybridized carbons (Fsp3) is 0.0645. The Hall–Kier alpha value is -8.21. The lowest BCUT2D eigenvalue weighted by Gasteiger charge is -2.30. The van der Waals surface area contributed by atoms with Gasteiger partial charge in [0.2, 0.25) is 0 Å². The van der Waals surface area contributed by atoms with Crippen LogP contribution in [0.1, 0.15) is 25.0 Å². The van der Waals surface area contributed by atoms with Crippen molar-refractivity contribution in [3.05, 3.63) is 254 Å². The molecule has 12 rings (SSSR count). The molecule has 0 fully saturated rings. The van der Waals surface area contributed by atoms with E-state index in [1.807, 2.05) is 48.5 Å². The van der Waals surface area contributed by atoms with Crippen LogP contribution < -0.4 is 9.80 Å². The minimum absolute atomic E-state index is 0.151. The molecule has 0 saturated carbocycles. The van der Waals surface area contributed by atoms with E-state index in [1.54, 1.807) is 0 Å². The minimum Gasteiger partial charge on any atom is -0.345 e. The molecule has 0 spiro atoms. The molecular formula is C62H48FN3. The lowest BCUT2D eigenvalue weighted by Crippen LogP contribution is -2.17. The molecule has 66 heavy (non-hydrogen) atoms. The van der Waals surface area contributed by atoms with Crippen molar-refractivity contribution in [2.45, 2.75) is 19.3 Å². The summed E-state index contributed by atoms with van der Waals surface area (Å²) in [6.07, 6.45) is 0. The van der Waals surface area contributed by atoms with Gasteiger partial charge in [0, 0.05) is 57.4 Å². The Balaban J connectivity index is 0.000000745. The van der Waals surface area contributed by atoms with Gasteiger partial charge in [-0.1, -0.05) is 153 Å². The Kier molecular flexibility index (Phi) is 10.3. The summed E-state index contributed by atoms with van der Waals surface area (Å²) in [5.74, 6) is -0.255.